The minimum Gasteiger partial charge on any atom is -0.372 e. The molecule has 1 N–H and O–H groups in total. The number of fused-ring (bicyclic) bond motifs is 1. The van der Waals surface area contributed by atoms with E-state index in [2.05, 4.69) is 5.32 Å². The van der Waals surface area contributed by atoms with Crippen molar-refractivity contribution >= 4 is 23.2 Å². The number of nitrogens with one attached hydrogen (secondary N) is 1. The molecule has 1 unspecified atom stereocenters. The molecule has 0 aliphatic carbocycles. The van der Waals surface area contributed by atoms with Gasteiger partial charge < -0.3 is 10.2 Å². The fourth-order valence-electron chi connectivity index (χ4n) is 3.05. The predicted molar refractivity (Wildman–Crippen MR) is 82.3 cm³/mol. The van der Waals surface area contributed by atoms with Crippen molar-refractivity contribution in [1.82, 2.24) is 4.90 Å². The Kier molecular flexibility index (Phi) is 4.00. The van der Waals surface area contributed by atoms with E-state index >= 15 is 0 Å². The van der Waals surface area contributed by atoms with Crippen LogP contribution < -0.4 is 10.2 Å². The minimum absolute atomic E-state index is 0.0173. The van der Waals surface area contributed by atoms with Crippen LogP contribution >= 0.6 is 0 Å². The number of amides is 2. The highest BCUT2D eigenvalue weighted by atomic mass is 19.1. The van der Waals surface area contributed by atoms with Gasteiger partial charge in [0.05, 0.1) is 11.4 Å². The highest BCUT2D eigenvalue weighted by Crippen LogP contribution is 2.32. The van der Waals surface area contributed by atoms with Gasteiger partial charge in [0, 0.05) is 13.1 Å². The second kappa shape index (κ2) is 5.94. The predicted octanol–water partition coefficient (Wildman–Crippen LogP) is 1.99. The molecule has 22 heavy (non-hydrogen) atoms. The second-order valence-electron chi connectivity index (χ2n) is 5.89. The van der Waals surface area contributed by atoms with Gasteiger partial charge >= 0.3 is 0 Å². The highest BCUT2D eigenvalue weighted by Gasteiger charge is 2.32. The Morgan fingerprint density at radius 2 is 2.05 bits per heavy atom. The molecule has 2 amide bonds. The molecule has 0 saturated carbocycles. The first-order valence-corrected chi connectivity index (χ1v) is 7.71. The number of carbonyl (C=O) groups excluding carboxylic acids is 2. The summed E-state index contributed by atoms with van der Waals surface area (Å²) in [6.45, 7) is 3.24. The van der Waals surface area contributed by atoms with Gasteiger partial charge in [0.15, 0.2) is 0 Å². The van der Waals surface area contributed by atoms with Gasteiger partial charge in [-0.05, 0) is 44.4 Å². The molecule has 0 spiro atoms. The van der Waals surface area contributed by atoms with Gasteiger partial charge in [-0.25, -0.2) is 4.39 Å². The van der Waals surface area contributed by atoms with E-state index in [-0.39, 0.29) is 24.2 Å². The van der Waals surface area contributed by atoms with E-state index < -0.39 is 6.04 Å². The first kappa shape index (κ1) is 14.8. The van der Waals surface area contributed by atoms with E-state index in [1.54, 1.807) is 13.0 Å². The largest absolute Gasteiger partial charge is 0.372 e. The summed E-state index contributed by atoms with van der Waals surface area (Å²) in [5.41, 5.74) is 1.12. The molecule has 2 aliphatic rings. The Balaban J connectivity index is 1.82. The molecule has 118 valence electrons. The van der Waals surface area contributed by atoms with E-state index in [1.807, 2.05) is 4.90 Å². The van der Waals surface area contributed by atoms with Crippen LogP contribution in [0.15, 0.2) is 18.2 Å². The van der Waals surface area contributed by atoms with Crippen molar-refractivity contribution in [2.45, 2.75) is 32.2 Å². The van der Waals surface area contributed by atoms with Crippen LogP contribution in [-0.2, 0) is 9.59 Å². The Morgan fingerprint density at radius 1 is 1.32 bits per heavy atom. The zero-order valence-electron chi connectivity index (χ0n) is 12.6. The van der Waals surface area contributed by atoms with E-state index in [9.17, 15) is 14.0 Å². The Morgan fingerprint density at radius 3 is 2.77 bits per heavy atom. The number of anilines is 2. The standard InChI is InChI=1S/C16H20FN3O2/c1-11-16(22)20(10-15(21)19-7-3-2-4-8-19)14-6-5-12(17)9-13(14)18-11/h5-6,9,11,18H,2-4,7-8,10H2,1H3. The number of halogens is 1. The number of benzene rings is 1. The van der Waals surface area contributed by atoms with Crippen LogP contribution in [0.5, 0.6) is 0 Å². The zero-order chi connectivity index (χ0) is 15.7. The monoisotopic (exact) mass is 305 g/mol. The van der Waals surface area contributed by atoms with Crippen LogP contribution in [-0.4, -0.2) is 42.4 Å². The maximum Gasteiger partial charge on any atom is 0.249 e. The number of carbonyl (C=O) groups is 2. The molecule has 0 bridgehead atoms. The lowest BCUT2D eigenvalue weighted by Gasteiger charge is -2.35. The third-order valence-corrected chi connectivity index (χ3v) is 4.26. The van der Waals surface area contributed by atoms with Gasteiger partial charge in [-0.1, -0.05) is 0 Å². The van der Waals surface area contributed by atoms with Crippen molar-refractivity contribution in [3.8, 4) is 0 Å². The molecule has 3 rings (SSSR count). The van der Waals surface area contributed by atoms with Crippen molar-refractivity contribution in [2.24, 2.45) is 0 Å². The van der Waals surface area contributed by atoms with Crippen LogP contribution in [0.2, 0.25) is 0 Å². The lowest BCUT2D eigenvalue weighted by molar-refractivity contribution is -0.132. The summed E-state index contributed by atoms with van der Waals surface area (Å²) in [6, 6.07) is 3.74. The number of piperidine rings is 1. The summed E-state index contributed by atoms with van der Waals surface area (Å²) >= 11 is 0. The lowest BCUT2D eigenvalue weighted by atomic mass is 10.1. The average Bonchev–Trinajstić information content (AvgIpc) is 2.52. The van der Waals surface area contributed by atoms with Crippen molar-refractivity contribution < 1.29 is 14.0 Å². The topological polar surface area (TPSA) is 52.7 Å². The summed E-state index contributed by atoms with van der Waals surface area (Å²) in [7, 11) is 0. The first-order valence-electron chi connectivity index (χ1n) is 7.71. The lowest BCUT2D eigenvalue weighted by Crippen LogP contribution is -2.51. The summed E-state index contributed by atoms with van der Waals surface area (Å²) in [6.07, 6.45) is 3.17. The third-order valence-electron chi connectivity index (χ3n) is 4.26. The van der Waals surface area contributed by atoms with Gasteiger partial charge in [-0.15, -0.1) is 0 Å². The smallest absolute Gasteiger partial charge is 0.249 e. The molecule has 0 aromatic heterocycles. The number of hydrogen-bond donors (Lipinski definition) is 1. The van der Waals surface area contributed by atoms with Gasteiger partial charge in [0.25, 0.3) is 0 Å². The zero-order valence-corrected chi connectivity index (χ0v) is 12.6. The molecular weight excluding hydrogens is 285 g/mol. The molecule has 6 heteroatoms. The Bertz CT molecular complexity index is 599. The van der Waals surface area contributed by atoms with Gasteiger partial charge in [-0.3, -0.25) is 14.5 Å². The van der Waals surface area contributed by atoms with Crippen molar-refractivity contribution in [3.05, 3.63) is 24.0 Å². The molecule has 1 aromatic rings. The van der Waals surface area contributed by atoms with Gasteiger partial charge in [0.1, 0.15) is 18.4 Å². The first-order chi connectivity index (χ1) is 10.6. The fourth-order valence-corrected chi connectivity index (χ4v) is 3.05. The van der Waals surface area contributed by atoms with Crippen LogP contribution in [0.3, 0.4) is 0 Å². The van der Waals surface area contributed by atoms with Gasteiger partial charge in [0.2, 0.25) is 11.8 Å². The summed E-state index contributed by atoms with van der Waals surface area (Å²) in [5, 5.41) is 2.98. The van der Waals surface area contributed by atoms with E-state index in [0.717, 1.165) is 32.4 Å². The Labute approximate surface area is 129 Å². The third kappa shape index (κ3) is 2.77. The SMILES string of the molecule is CC1Nc2cc(F)ccc2N(CC(=O)N2CCCCC2)C1=O. The maximum absolute atomic E-state index is 13.4. The summed E-state index contributed by atoms with van der Waals surface area (Å²) in [4.78, 5) is 28.1. The van der Waals surface area contributed by atoms with E-state index in [1.165, 1.54) is 17.0 Å². The molecule has 1 saturated heterocycles. The van der Waals surface area contributed by atoms with Crippen molar-refractivity contribution in [3.63, 3.8) is 0 Å². The maximum atomic E-state index is 13.4. The van der Waals surface area contributed by atoms with Crippen LogP contribution in [0, 0.1) is 5.82 Å². The second-order valence-corrected chi connectivity index (χ2v) is 5.89. The molecule has 1 aromatic carbocycles. The normalized spacial score (nSPS) is 21.4. The summed E-state index contributed by atoms with van der Waals surface area (Å²) < 4.78 is 13.4. The number of hydrogen-bond acceptors (Lipinski definition) is 3. The van der Waals surface area contributed by atoms with Crippen LogP contribution in [0.25, 0.3) is 0 Å². The average molecular weight is 305 g/mol. The molecular formula is C16H20FN3O2. The van der Waals surface area contributed by atoms with Crippen molar-refractivity contribution in [2.75, 3.05) is 29.9 Å². The summed E-state index contributed by atoms with van der Waals surface area (Å²) in [5.74, 6) is -0.572. The molecule has 1 atom stereocenters. The molecule has 1 fully saturated rings. The van der Waals surface area contributed by atoms with E-state index in [0.29, 0.717) is 11.4 Å². The highest BCUT2D eigenvalue weighted by molar-refractivity contribution is 6.07. The quantitative estimate of drug-likeness (QED) is 0.909. The fraction of sp³-hybridized carbons (Fsp3) is 0.500. The minimum atomic E-state index is -0.469. The number of nitrogens with zero attached hydrogens (tertiary/aromatic N) is 2. The molecule has 5 nitrogen and oxygen atoms in total. The molecule has 2 heterocycles. The molecule has 0 radical (unpaired) electrons. The van der Waals surface area contributed by atoms with E-state index in [4.69, 9.17) is 0 Å². The van der Waals surface area contributed by atoms with Crippen molar-refractivity contribution in [1.29, 1.82) is 0 Å². The van der Waals surface area contributed by atoms with Crippen LogP contribution in [0.4, 0.5) is 15.8 Å². The van der Waals surface area contributed by atoms with Gasteiger partial charge in [-0.2, -0.15) is 0 Å². The Hall–Kier alpha value is -2.11. The molecule has 2 aliphatic heterocycles. The number of likely N-dealkylation sites (tertiary alicyclic amines) is 1. The number of rotatable bonds is 2. The van der Waals surface area contributed by atoms with Crippen LogP contribution in [0.1, 0.15) is 26.2 Å².